The van der Waals surface area contributed by atoms with Crippen LogP contribution in [0.2, 0.25) is 0 Å². The van der Waals surface area contributed by atoms with Crippen LogP contribution in [0.3, 0.4) is 0 Å². The summed E-state index contributed by atoms with van der Waals surface area (Å²) in [4.78, 5) is 82.0. The topological polar surface area (TPSA) is 328 Å². The monoisotopic (exact) mass is 916 g/mol. The SMILES string of the molecule is CC(C)(C)OC(=O)N[C@H]1Cc2cc(ccc2O)-c2ccc(O)c(c2)C[C@@H](C(=O)N[C@@H](C[C@@H](O)CN)C(=O)NCCN)NC(=O)[C@H](C[C@@H](O)CN(C(=O)O)C(C)(C)C)NC1=O.Cl.Cl. The number of β-amino-alcohol motifs (C(OH)–C–C–N with tert-alkyl or cyclic N) is 1. The molecular formula is C40H62Cl2N8O12. The van der Waals surface area contributed by atoms with E-state index in [9.17, 15) is 54.3 Å². The fourth-order valence-electron chi connectivity index (χ4n) is 6.33. The molecule has 1 heterocycles. The van der Waals surface area contributed by atoms with E-state index in [1.54, 1.807) is 59.7 Å². The molecule has 0 saturated heterocycles. The van der Waals surface area contributed by atoms with Gasteiger partial charge < -0.3 is 73.2 Å². The smallest absolute Gasteiger partial charge is 0.408 e. The third kappa shape index (κ3) is 16.6. The van der Waals surface area contributed by atoms with Gasteiger partial charge in [-0.2, -0.15) is 0 Å². The van der Waals surface area contributed by atoms with E-state index < -0.39 is 103 Å². The molecule has 22 heteroatoms. The molecule has 1 aliphatic rings. The Balaban J connectivity index is 0.00000961. The molecule has 2 aromatic rings. The second-order valence-electron chi connectivity index (χ2n) is 16.6. The maximum atomic E-state index is 14.4. The standard InChI is InChI=1S/C40H60N8O12.2ClH/c1-39(2,3)48(38(58)59)20-26(50)18-30-36(56)44-27(34(54)45-29(17-25(49)19-42)33(53)43-12-11-41)15-23-13-21(7-9-31(23)51)22-8-10-32(52)24(14-22)16-28(35(55)46-30)47-37(57)60-40(4,5)6;;/h7-10,13-14,25-30,49-52H,11-12,15-20,41-42H2,1-6H3,(H,43,53)(H,44,56)(H,45,54)(H,46,55)(H,47,57)(H,58,59);2*1H/t25-,26-,27+,28+,29+,30+;;/m1../s1. The van der Waals surface area contributed by atoms with Crippen LogP contribution in [0.4, 0.5) is 9.59 Å². The molecule has 6 amide bonds. The molecule has 1 aliphatic heterocycles. The van der Waals surface area contributed by atoms with Crippen molar-refractivity contribution in [2.75, 3.05) is 26.2 Å². The number of nitrogens with zero attached hydrogens (tertiary/aromatic N) is 1. The number of amides is 6. The molecule has 0 saturated carbocycles. The Kier molecular flexibility index (Phi) is 21.2. The van der Waals surface area contributed by atoms with E-state index in [1.165, 1.54) is 18.2 Å². The Bertz CT molecular complexity index is 1880. The molecule has 6 atom stereocenters. The minimum Gasteiger partial charge on any atom is -0.508 e. The molecule has 62 heavy (non-hydrogen) atoms. The molecule has 20 nitrogen and oxygen atoms in total. The van der Waals surface area contributed by atoms with Crippen molar-refractivity contribution in [3.05, 3.63) is 47.5 Å². The van der Waals surface area contributed by atoms with Crippen LogP contribution < -0.4 is 38.1 Å². The summed E-state index contributed by atoms with van der Waals surface area (Å²) in [6, 6.07) is 2.74. The zero-order valence-electron chi connectivity index (χ0n) is 35.6. The van der Waals surface area contributed by atoms with Crippen LogP contribution in [0, 0.1) is 0 Å². The number of phenolic OH excluding ortho intramolecular Hbond substituents is 2. The highest BCUT2D eigenvalue weighted by Crippen LogP contribution is 2.31. The van der Waals surface area contributed by atoms with Crippen molar-refractivity contribution in [2.24, 2.45) is 11.5 Å². The number of benzene rings is 2. The van der Waals surface area contributed by atoms with Gasteiger partial charge in [-0.25, -0.2) is 9.59 Å². The minimum absolute atomic E-state index is 0. The first kappa shape index (κ1) is 54.9. The van der Waals surface area contributed by atoms with E-state index in [-0.39, 0.29) is 79.9 Å². The number of carboxylic acid groups (broad SMARTS) is 1. The Hall–Kier alpha value is -5.12. The van der Waals surface area contributed by atoms with Gasteiger partial charge in [0.1, 0.15) is 41.3 Å². The van der Waals surface area contributed by atoms with Gasteiger partial charge in [-0.05, 0) is 88.1 Å². The predicted molar refractivity (Wildman–Crippen MR) is 233 cm³/mol. The summed E-state index contributed by atoms with van der Waals surface area (Å²) >= 11 is 0. The number of phenols is 2. The number of carbonyl (C=O) groups is 6. The summed E-state index contributed by atoms with van der Waals surface area (Å²) in [6.45, 7) is 8.92. The van der Waals surface area contributed by atoms with E-state index in [1.807, 2.05) is 0 Å². The number of fused-ring (bicyclic) bond motifs is 5. The van der Waals surface area contributed by atoms with E-state index in [4.69, 9.17) is 16.2 Å². The van der Waals surface area contributed by atoms with Crippen LogP contribution >= 0.6 is 24.8 Å². The van der Waals surface area contributed by atoms with E-state index in [0.717, 1.165) is 4.90 Å². The lowest BCUT2D eigenvalue weighted by molar-refractivity contribution is -0.134. The lowest BCUT2D eigenvalue weighted by atomic mass is 9.95. The summed E-state index contributed by atoms with van der Waals surface area (Å²) in [5, 5.41) is 66.1. The van der Waals surface area contributed by atoms with Gasteiger partial charge in [-0.3, -0.25) is 19.2 Å². The van der Waals surface area contributed by atoms with Gasteiger partial charge in [-0.1, -0.05) is 12.1 Å². The number of nitrogens with one attached hydrogen (secondary N) is 5. The fourth-order valence-corrected chi connectivity index (χ4v) is 6.33. The van der Waals surface area contributed by atoms with Crippen LogP contribution in [-0.2, 0) is 36.8 Å². The number of aliphatic hydroxyl groups is 2. The molecule has 0 aliphatic carbocycles. The third-order valence-electron chi connectivity index (χ3n) is 9.41. The number of nitrogens with two attached hydrogens (primary N) is 2. The Morgan fingerprint density at radius 3 is 1.94 bits per heavy atom. The Morgan fingerprint density at radius 1 is 0.871 bits per heavy atom. The van der Waals surface area contributed by atoms with Gasteiger partial charge in [0.25, 0.3) is 0 Å². The van der Waals surface area contributed by atoms with Crippen LogP contribution in [0.15, 0.2) is 36.4 Å². The number of aliphatic hydroxyl groups excluding tert-OH is 2. The molecule has 4 bridgehead atoms. The van der Waals surface area contributed by atoms with Crippen molar-refractivity contribution in [1.82, 2.24) is 31.5 Å². The molecule has 0 unspecified atom stereocenters. The van der Waals surface area contributed by atoms with E-state index >= 15 is 0 Å². The second-order valence-corrected chi connectivity index (χ2v) is 16.6. The van der Waals surface area contributed by atoms with Crippen molar-refractivity contribution in [3.8, 4) is 22.6 Å². The molecule has 0 aromatic heterocycles. The lowest BCUT2D eigenvalue weighted by Crippen LogP contribution is -2.60. The highest BCUT2D eigenvalue weighted by atomic mass is 35.5. The maximum absolute atomic E-state index is 14.4. The number of halogens is 2. The molecule has 14 N–H and O–H groups in total. The zero-order valence-corrected chi connectivity index (χ0v) is 37.2. The molecular weight excluding hydrogens is 855 g/mol. The Morgan fingerprint density at radius 2 is 1.44 bits per heavy atom. The van der Waals surface area contributed by atoms with Crippen LogP contribution in [0.25, 0.3) is 11.1 Å². The number of carbonyl (C=O) groups excluding carboxylic acids is 5. The zero-order chi connectivity index (χ0) is 45.1. The normalized spacial score (nSPS) is 18.3. The number of aromatic hydroxyl groups is 2. The summed E-state index contributed by atoms with van der Waals surface area (Å²) in [7, 11) is 0. The first-order chi connectivity index (χ1) is 27.9. The third-order valence-corrected chi connectivity index (χ3v) is 9.41. The van der Waals surface area contributed by atoms with Crippen LogP contribution in [-0.4, -0.2) is 140 Å². The maximum Gasteiger partial charge on any atom is 0.408 e. The molecule has 0 spiro atoms. The summed E-state index contributed by atoms with van der Waals surface area (Å²) < 4.78 is 5.39. The summed E-state index contributed by atoms with van der Waals surface area (Å²) in [6.07, 6.45) is -6.86. The van der Waals surface area contributed by atoms with Gasteiger partial charge in [0.2, 0.25) is 23.6 Å². The van der Waals surface area contributed by atoms with E-state index in [0.29, 0.717) is 11.1 Å². The minimum atomic E-state index is -1.71. The van der Waals surface area contributed by atoms with Crippen molar-refractivity contribution >= 4 is 60.6 Å². The molecule has 0 radical (unpaired) electrons. The van der Waals surface area contributed by atoms with Crippen LogP contribution in [0.1, 0.15) is 65.5 Å². The van der Waals surface area contributed by atoms with E-state index in [2.05, 4.69) is 26.6 Å². The highest BCUT2D eigenvalue weighted by Gasteiger charge is 2.36. The molecule has 0 fully saturated rings. The Labute approximate surface area is 372 Å². The van der Waals surface area contributed by atoms with Gasteiger partial charge in [0.15, 0.2) is 0 Å². The van der Waals surface area contributed by atoms with Crippen molar-refractivity contribution < 1.29 is 59.0 Å². The van der Waals surface area contributed by atoms with Gasteiger partial charge in [0.05, 0.1) is 18.8 Å². The molecule has 2 aromatic carbocycles. The number of rotatable bonds is 13. The highest BCUT2D eigenvalue weighted by molar-refractivity contribution is 5.95. The number of hydrogen-bond acceptors (Lipinski definition) is 13. The second kappa shape index (κ2) is 23.9. The first-order valence-electron chi connectivity index (χ1n) is 19.5. The summed E-state index contributed by atoms with van der Waals surface area (Å²) in [5.41, 5.74) is 10.5. The molecule has 3 rings (SSSR count). The van der Waals surface area contributed by atoms with Crippen LogP contribution in [0.5, 0.6) is 11.5 Å². The average Bonchev–Trinajstić information content (AvgIpc) is 3.14. The van der Waals surface area contributed by atoms with Crippen molar-refractivity contribution in [3.63, 3.8) is 0 Å². The first-order valence-corrected chi connectivity index (χ1v) is 19.5. The summed E-state index contributed by atoms with van der Waals surface area (Å²) in [5.74, 6) is -4.23. The van der Waals surface area contributed by atoms with Gasteiger partial charge in [-0.15, -0.1) is 24.8 Å². The largest absolute Gasteiger partial charge is 0.508 e. The number of hydrogen-bond donors (Lipinski definition) is 12. The molecule has 348 valence electrons. The van der Waals surface area contributed by atoms with Gasteiger partial charge >= 0.3 is 12.2 Å². The fraction of sp³-hybridized carbons (Fsp3) is 0.550. The number of ether oxygens (including phenoxy) is 1. The van der Waals surface area contributed by atoms with Crippen molar-refractivity contribution in [1.29, 1.82) is 0 Å². The average molecular weight is 918 g/mol. The number of alkyl carbamates (subject to hydrolysis) is 1. The lowest BCUT2D eigenvalue weighted by Gasteiger charge is -2.35. The quantitative estimate of drug-likeness (QED) is 0.129. The van der Waals surface area contributed by atoms with Gasteiger partial charge in [0, 0.05) is 50.9 Å². The predicted octanol–water partition coefficient (Wildman–Crippen LogP) is 0.369. The van der Waals surface area contributed by atoms with Crippen molar-refractivity contribution in [2.45, 2.75) is 115 Å².